The Hall–Kier alpha value is -2.95. The van der Waals surface area contributed by atoms with Crippen molar-refractivity contribution in [2.75, 3.05) is 0 Å². The number of fused-ring (bicyclic) bond motifs is 1. The number of ketones is 1. The van der Waals surface area contributed by atoms with Gasteiger partial charge in [-0.05, 0) is 59.9 Å². The van der Waals surface area contributed by atoms with Gasteiger partial charge in [0.1, 0.15) is 34.7 Å². The molecule has 33 heavy (non-hydrogen) atoms. The first-order chi connectivity index (χ1) is 15.1. The highest BCUT2D eigenvalue weighted by molar-refractivity contribution is 6.03. The van der Waals surface area contributed by atoms with E-state index in [1.54, 1.807) is 0 Å². The highest BCUT2D eigenvalue weighted by atomic mass is 16.5. The zero-order chi connectivity index (χ0) is 24.9. The molecule has 2 aromatic carbocycles. The lowest BCUT2D eigenvalue weighted by atomic mass is 9.77. The average Bonchev–Trinajstić information content (AvgIpc) is 2.65. The standard InChI is InChI=1S/C28H36O5/c1-15(2)9-10-17-20(29)13-21(30)24-22(31)14-23(33-26(17)24)16-11-18(27(3,4)5)25(32)19(12-16)28(6,7)8/h9,11-13,23,29-30,32H,10,14H2,1-8H3. The van der Waals surface area contributed by atoms with Crippen LogP contribution in [-0.2, 0) is 17.3 Å². The molecule has 0 aliphatic carbocycles. The van der Waals surface area contributed by atoms with Gasteiger partial charge in [-0.1, -0.05) is 53.2 Å². The van der Waals surface area contributed by atoms with Crippen molar-refractivity contribution in [1.29, 1.82) is 0 Å². The topological polar surface area (TPSA) is 87.0 Å². The van der Waals surface area contributed by atoms with Gasteiger partial charge in [-0.15, -0.1) is 0 Å². The Balaban J connectivity index is 2.19. The highest BCUT2D eigenvalue weighted by Gasteiger charge is 2.35. The number of phenols is 3. The number of ether oxygens (including phenoxy) is 1. The number of hydrogen-bond donors (Lipinski definition) is 3. The van der Waals surface area contributed by atoms with E-state index in [0.29, 0.717) is 12.0 Å². The maximum atomic E-state index is 13.1. The molecule has 0 amide bonds. The number of phenolic OH excluding ortho intramolecular Hbond substituents is 3. The van der Waals surface area contributed by atoms with Gasteiger partial charge in [0.15, 0.2) is 5.78 Å². The maximum absolute atomic E-state index is 13.1. The Labute approximate surface area is 196 Å². The highest BCUT2D eigenvalue weighted by Crippen LogP contribution is 2.47. The number of benzene rings is 2. The molecule has 0 saturated carbocycles. The molecule has 5 heteroatoms. The molecule has 1 atom stereocenters. The largest absolute Gasteiger partial charge is 0.507 e. The summed E-state index contributed by atoms with van der Waals surface area (Å²) in [5.41, 5.74) is 3.39. The van der Waals surface area contributed by atoms with Gasteiger partial charge < -0.3 is 20.1 Å². The van der Waals surface area contributed by atoms with Crippen LogP contribution in [0, 0.1) is 0 Å². The SMILES string of the molecule is CC(C)=CCc1c(O)cc(O)c2c1OC(c1cc(C(C)(C)C)c(O)c(C(C)(C)C)c1)CC2=O. The van der Waals surface area contributed by atoms with Crippen LogP contribution < -0.4 is 4.74 Å². The lowest BCUT2D eigenvalue weighted by Crippen LogP contribution is -2.24. The summed E-state index contributed by atoms with van der Waals surface area (Å²) in [5.74, 6) is -0.119. The summed E-state index contributed by atoms with van der Waals surface area (Å²) in [6.45, 7) is 16.1. The van der Waals surface area contributed by atoms with Crippen molar-refractivity contribution in [1.82, 2.24) is 0 Å². The van der Waals surface area contributed by atoms with Crippen molar-refractivity contribution in [3.05, 3.63) is 57.7 Å². The third kappa shape index (κ3) is 4.87. The summed E-state index contributed by atoms with van der Waals surface area (Å²) in [4.78, 5) is 13.1. The van der Waals surface area contributed by atoms with Gasteiger partial charge in [-0.25, -0.2) is 0 Å². The van der Waals surface area contributed by atoms with Crippen molar-refractivity contribution in [2.24, 2.45) is 0 Å². The Bertz CT molecular complexity index is 1090. The second-order valence-electron chi connectivity index (χ2n) is 11.3. The van der Waals surface area contributed by atoms with Crippen molar-refractivity contribution in [3.8, 4) is 23.0 Å². The number of Topliss-reactive ketones (excluding diaryl/α,β-unsaturated/α-hetero) is 1. The third-order valence-electron chi connectivity index (χ3n) is 6.08. The van der Waals surface area contributed by atoms with E-state index < -0.39 is 6.10 Å². The van der Waals surface area contributed by atoms with E-state index in [-0.39, 0.29) is 51.6 Å². The minimum absolute atomic E-state index is 0.0609. The molecule has 2 aromatic rings. The third-order valence-corrected chi connectivity index (χ3v) is 6.08. The van der Waals surface area contributed by atoms with E-state index in [9.17, 15) is 20.1 Å². The van der Waals surface area contributed by atoms with Crippen LogP contribution in [0.1, 0.15) is 101 Å². The Morgan fingerprint density at radius 1 is 0.970 bits per heavy atom. The molecule has 0 fully saturated rings. The van der Waals surface area contributed by atoms with E-state index in [4.69, 9.17) is 4.74 Å². The van der Waals surface area contributed by atoms with Gasteiger partial charge in [0.25, 0.3) is 0 Å². The normalized spacial score (nSPS) is 16.2. The van der Waals surface area contributed by atoms with Crippen LogP contribution in [0.2, 0.25) is 0 Å². The summed E-state index contributed by atoms with van der Waals surface area (Å²) in [5, 5.41) is 32.0. The zero-order valence-corrected chi connectivity index (χ0v) is 21.0. The summed E-state index contributed by atoms with van der Waals surface area (Å²) in [6.07, 6.45) is 1.79. The number of aromatic hydroxyl groups is 3. The lowest BCUT2D eigenvalue weighted by molar-refractivity contribution is 0.0842. The first-order valence-corrected chi connectivity index (χ1v) is 11.4. The van der Waals surface area contributed by atoms with Gasteiger partial charge in [0, 0.05) is 11.6 Å². The molecule has 3 rings (SSSR count). The number of hydrogen-bond acceptors (Lipinski definition) is 5. The van der Waals surface area contributed by atoms with Gasteiger partial charge in [-0.2, -0.15) is 0 Å². The molecule has 3 N–H and O–H groups in total. The fourth-order valence-electron chi connectivity index (χ4n) is 4.20. The van der Waals surface area contributed by atoms with Crippen LogP contribution in [0.25, 0.3) is 0 Å². The number of allylic oxidation sites excluding steroid dienone is 2. The molecule has 0 radical (unpaired) electrons. The van der Waals surface area contributed by atoms with Crippen LogP contribution in [-0.4, -0.2) is 21.1 Å². The van der Waals surface area contributed by atoms with E-state index >= 15 is 0 Å². The Morgan fingerprint density at radius 3 is 2.00 bits per heavy atom. The molecular weight excluding hydrogens is 416 g/mol. The van der Waals surface area contributed by atoms with Gasteiger partial charge >= 0.3 is 0 Å². The van der Waals surface area contributed by atoms with Crippen LogP contribution in [0.4, 0.5) is 0 Å². The van der Waals surface area contributed by atoms with Crippen molar-refractivity contribution < 1.29 is 24.9 Å². The van der Waals surface area contributed by atoms with Crippen LogP contribution in [0.3, 0.4) is 0 Å². The van der Waals surface area contributed by atoms with E-state index in [1.807, 2.05) is 73.6 Å². The number of carbonyl (C=O) groups is 1. The monoisotopic (exact) mass is 452 g/mol. The summed E-state index contributed by atoms with van der Waals surface area (Å²) >= 11 is 0. The van der Waals surface area contributed by atoms with Crippen LogP contribution in [0.5, 0.6) is 23.0 Å². The predicted octanol–water partition coefficient (Wildman–Crippen LogP) is 6.61. The van der Waals surface area contributed by atoms with E-state index in [1.165, 1.54) is 6.07 Å². The smallest absolute Gasteiger partial charge is 0.174 e. The number of rotatable bonds is 3. The summed E-state index contributed by atoms with van der Waals surface area (Å²) in [7, 11) is 0. The minimum Gasteiger partial charge on any atom is -0.507 e. The van der Waals surface area contributed by atoms with Crippen LogP contribution >= 0.6 is 0 Å². The minimum atomic E-state index is -0.598. The van der Waals surface area contributed by atoms with E-state index in [0.717, 1.165) is 22.3 Å². The Morgan fingerprint density at radius 2 is 1.52 bits per heavy atom. The predicted molar refractivity (Wildman–Crippen MR) is 131 cm³/mol. The molecule has 0 bridgehead atoms. The molecule has 178 valence electrons. The molecule has 0 aromatic heterocycles. The quantitative estimate of drug-likeness (QED) is 0.456. The van der Waals surface area contributed by atoms with E-state index in [2.05, 4.69) is 0 Å². The first kappa shape index (κ1) is 24.7. The zero-order valence-electron chi connectivity index (χ0n) is 21.0. The van der Waals surface area contributed by atoms with Gasteiger partial charge in [0.05, 0.1) is 6.42 Å². The molecule has 1 heterocycles. The van der Waals surface area contributed by atoms with Crippen molar-refractivity contribution in [3.63, 3.8) is 0 Å². The van der Waals surface area contributed by atoms with Crippen molar-refractivity contribution in [2.45, 2.75) is 85.2 Å². The van der Waals surface area contributed by atoms with Gasteiger partial charge in [0.2, 0.25) is 0 Å². The average molecular weight is 453 g/mol. The molecular formula is C28H36O5. The van der Waals surface area contributed by atoms with Gasteiger partial charge in [-0.3, -0.25) is 4.79 Å². The summed E-state index contributed by atoms with van der Waals surface area (Å²) < 4.78 is 6.34. The molecule has 1 aliphatic heterocycles. The fourth-order valence-corrected chi connectivity index (χ4v) is 4.20. The maximum Gasteiger partial charge on any atom is 0.174 e. The molecule has 1 unspecified atom stereocenters. The molecule has 5 nitrogen and oxygen atoms in total. The second kappa shape index (κ2) is 8.44. The number of carbonyl (C=O) groups excluding carboxylic acids is 1. The summed E-state index contributed by atoms with van der Waals surface area (Å²) in [6, 6.07) is 5.03. The first-order valence-electron chi connectivity index (χ1n) is 11.4. The molecule has 0 spiro atoms. The lowest BCUT2D eigenvalue weighted by Gasteiger charge is -2.32. The molecule has 0 saturated heterocycles. The molecule has 1 aliphatic rings. The second-order valence-corrected chi connectivity index (χ2v) is 11.3. The Kier molecular flexibility index (Phi) is 6.31. The van der Waals surface area contributed by atoms with Crippen LogP contribution in [0.15, 0.2) is 29.8 Å². The van der Waals surface area contributed by atoms with Crippen molar-refractivity contribution >= 4 is 5.78 Å². The fraction of sp³-hybridized carbons (Fsp3) is 0.464.